The first-order valence-corrected chi connectivity index (χ1v) is 5.99. The Bertz CT molecular complexity index is 360. The van der Waals surface area contributed by atoms with Crippen molar-refractivity contribution in [3.05, 3.63) is 10.6 Å². The number of nitriles is 1. The molecule has 0 rings (SSSR count). The third kappa shape index (κ3) is 5.26. The fourth-order valence-corrected chi connectivity index (χ4v) is 1.47. The molecule has 0 fully saturated rings. The third-order valence-corrected chi connectivity index (χ3v) is 2.39. The molecule has 7 heteroatoms. The fraction of sp³-hybridized carbons (Fsp3) is 0.500. The highest BCUT2D eigenvalue weighted by Crippen LogP contribution is 2.14. The summed E-state index contributed by atoms with van der Waals surface area (Å²) >= 11 is 1.14. The van der Waals surface area contributed by atoms with Gasteiger partial charge in [0.2, 0.25) is 0 Å². The summed E-state index contributed by atoms with van der Waals surface area (Å²) in [5.41, 5.74) is -0.163. The van der Waals surface area contributed by atoms with Crippen LogP contribution in [0.1, 0.15) is 6.92 Å². The van der Waals surface area contributed by atoms with Crippen molar-refractivity contribution in [3.63, 3.8) is 0 Å². The van der Waals surface area contributed by atoms with Gasteiger partial charge in [0, 0.05) is 0 Å². The summed E-state index contributed by atoms with van der Waals surface area (Å²) in [7, 11) is 1.18. The molecule has 0 aromatic carbocycles. The molecule has 0 aromatic rings. The lowest BCUT2D eigenvalue weighted by atomic mass is 10.3. The molecule has 0 radical (unpaired) electrons. The van der Waals surface area contributed by atoms with Gasteiger partial charge < -0.3 is 14.8 Å². The van der Waals surface area contributed by atoms with Crippen LogP contribution in [-0.2, 0) is 19.1 Å². The second-order valence-electron chi connectivity index (χ2n) is 2.67. The molecule has 0 aliphatic carbocycles. The predicted octanol–water partition coefficient (Wildman–Crippen LogP) is 0.410. The van der Waals surface area contributed by atoms with Gasteiger partial charge in [-0.1, -0.05) is 0 Å². The second-order valence-corrected chi connectivity index (χ2v) is 3.49. The van der Waals surface area contributed by atoms with Gasteiger partial charge in [-0.05, 0) is 13.2 Å². The number of carbonyl (C=O) groups excluding carboxylic acids is 2. The highest BCUT2D eigenvalue weighted by atomic mass is 32.2. The molecular weight excluding hydrogens is 244 g/mol. The molecular formula is C10H14N2O4S. The maximum Gasteiger partial charge on any atom is 0.351 e. The van der Waals surface area contributed by atoms with Crippen molar-refractivity contribution in [1.82, 2.24) is 5.32 Å². The van der Waals surface area contributed by atoms with Crippen LogP contribution in [0.2, 0.25) is 0 Å². The van der Waals surface area contributed by atoms with E-state index in [0.717, 1.165) is 11.8 Å². The van der Waals surface area contributed by atoms with Crippen LogP contribution in [-0.4, -0.2) is 38.5 Å². The molecule has 0 unspecified atom stereocenters. The standard InChI is InChI=1S/C10H14N2O4S/c1-4-16-8(13)6-12-9(17-3)7(5-11)10(14)15-2/h12H,4,6H2,1-3H3/b9-7+. The Hall–Kier alpha value is -1.68. The van der Waals surface area contributed by atoms with Gasteiger partial charge in [-0.25, -0.2) is 4.79 Å². The smallest absolute Gasteiger partial charge is 0.351 e. The largest absolute Gasteiger partial charge is 0.465 e. The van der Waals surface area contributed by atoms with E-state index in [1.807, 2.05) is 0 Å². The fourth-order valence-electron chi connectivity index (χ4n) is 0.918. The van der Waals surface area contributed by atoms with Crippen molar-refractivity contribution < 1.29 is 19.1 Å². The van der Waals surface area contributed by atoms with Crippen LogP contribution in [0.25, 0.3) is 0 Å². The molecule has 0 heterocycles. The van der Waals surface area contributed by atoms with E-state index in [2.05, 4.69) is 10.1 Å². The molecule has 0 saturated heterocycles. The SMILES string of the molecule is CCOC(=O)CN/C(SC)=C(/C#N)C(=O)OC. The molecule has 1 N–H and O–H groups in total. The topological polar surface area (TPSA) is 88.4 Å². The summed E-state index contributed by atoms with van der Waals surface area (Å²) in [6, 6.07) is 1.73. The minimum atomic E-state index is -0.742. The van der Waals surface area contributed by atoms with Crippen molar-refractivity contribution in [1.29, 1.82) is 5.26 Å². The van der Waals surface area contributed by atoms with Gasteiger partial charge in [0.15, 0.2) is 5.57 Å². The normalized spacial score (nSPS) is 10.9. The average molecular weight is 258 g/mol. The molecule has 6 nitrogen and oxygen atoms in total. The van der Waals surface area contributed by atoms with Crippen LogP contribution in [0, 0.1) is 11.3 Å². The maximum atomic E-state index is 11.2. The molecule has 0 bridgehead atoms. The second kappa shape index (κ2) is 8.47. The Morgan fingerprint density at radius 1 is 1.47 bits per heavy atom. The van der Waals surface area contributed by atoms with E-state index in [1.165, 1.54) is 7.11 Å². The van der Waals surface area contributed by atoms with Crippen molar-refractivity contribution >= 4 is 23.7 Å². The van der Waals surface area contributed by atoms with Gasteiger partial charge in [-0.15, -0.1) is 11.8 Å². The van der Waals surface area contributed by atoms with Gasteiger partial charge in [0.1, 0.15) is 12.6 Å². The molecule has 17 heavy (non-hydrogen) atoms. The van der Waals surface area contributed by atoms with Gasteiger partial charge in [-0.2, -0.15) is 5.26 Å². The molecule has 0 aromatic heterocycles. The Morgan fingerprint density at radius 2 is 2.12 bits per heavy atom. The summed E-state index contributed by atoms with van der Waals surface area (Å²) in [4.78, 5) is 22.3. The van der Waals surface area contributed by atoms with Crippen molar-refractivity contribution in [2.75, 3.05) is 26.5 Å². The Kier molecular flexibility index (Phi) is 7.63. The van der Waals surface area contributed by atoms with Crippen molar-refractivity contribution in [2.24, 2.45) is 0 Å². The first-order chi connectivity index (χ1) is 8.10. The first kappa shape index (κ1) is 15.3. The number of methoxy groups -OCH3 is 1. The summed E-state index contributed by atoms with van der Waals surface area (Å²) in [5, 5.41) is 11.8. The summed E-state index contributed by atoms with van der Waals surface area (Å²) < 4.78 is 9.16. The first-order valence-electron chi connectivity index (χ1n) is 4.76. The molecule has 0 saturated carbocycles. The summed E-state index contributed by atoms with van der Waals surface area (Å²) in [6.45, 7) is 1.87. The quantitative estimate of drug-likeness (QED) is 0.419. The summed E-state index contributed by atoms with van der Waals surface area (Å²) in [6.07, 6.45) is 1.67. The lowest BCUT2D eigenvalue weighted by molar-refractivity contribution is -0.142. The number of nitrogens with one attached hydrogen (secondary N) is 1. The molecule has 0 atom stereocenters. The number of rotatable bonds is 6. The number of ether oxygens (including phenoxy) is 2. The minimum Gasteiger partial charge on any atom is -0.465 e. The highest BCUT2D eigenvalue weighted by Gasteiger charge is 2.16. The zero-order valence-corrected chi connectivity index (χ0v) is 10.7. The van der Waals surface area contributed by atoms with Crippen LogP contribution in [0.5, 0.6) is 0 Å². The van der Waals surface area contributed by atoms with Crippen LogP contribution in [0.3, 0.4) is 0 Å². The van der Waals surface area contributed by atoms with E-state index in [9.17, 15) is 9.59 Å². The van der Waals surface area contributed by atoms with Gasteiger partial charge in [0.05, 0.1) is 18.7 Å². The summed E-state index contributed by atoms with van der Waals surface area (Å²) in [5.74, 6) is -1.20. The monoisotopic (exact) mass is 258 g/mol. The van der Waals surface area contributed by atoms with E-state index < -0.39 is 11.9 Å². The lowest BCUT2D eigenvalue weighted by Crippen LogP contribution is -2.25. The average Bonchev–Trinajstić information content (AvgIpc) is 2.33. The van der Waals surface area contributed by atoms with Crippen LogP contribution >= 0.6 is 11.8 Å². The molecule has 0 aliphatic heterocycles. The Morgan fingerprint density at radius 3 is 2.53 bits per heavy atom. The zero-order valence-electron chi connectivity index (χ0n) is 9.90. The van der Waals surface area contributed by atoms with Crippen LogP contribution < -0.4 is 5.32 Å². The zero-order chi connectivity index (χ0) is 13.3. The third-order valence-electron chi connectivity index (χ3n) is 1.63. The number of esters is 2. The number of hydrogen-bond donors (Lipinski definition) is 1. The van der Waals surface area contributed by atoms with Gasteiger partial charge >= 0.3 is 11.9 Å². The number of thioether (sulfide) groups is 1. The van der Waals surface area contributed by atoms with Crippen LogP contribution in [0.15, 0.2) is 10.6 Å². The number of hydrogen-bond acceptors (Lipinski definition) is 7. The van der Waals surface area contributed by atoms with E-state index in [0.29, 0.717) is 0 Å². The lowest BCUT2D eigenvalue weighted by Gasteiger charge is -2.09. The van der Waals surface area contributed by atoms with Crippen molar-refractivity contribution in [3.8, 4) is 6.07 Å². The Labute approximate surface area is 104 Å². The van der Waals surface area contributed by atoms with E-state index in [1.54, 1.807) is 19.2 Å². The number of carbonyl (C=O) groups is 2. The molecule has 0 amide bonds. The van der Waals surface area contributed by atoms with Crippen LogP contribution in [0.4, 0.5) is 0 Å². The van der Waals surface area contributed by atoms with Gasteiger partial charge in [-0.3, -0.25) is 4.79 Å². The molecule has 0 aliphatic rings. The molecule has 0 spiro atoms. The van der Waals surface area contributed by atoms with Crippen molar-refractivity contribution in [2.45, 2.75) is 6.92 Å². The Balaban J connectivity index is 4.70. The number of nitrogens with zero attached hydrogens (tertiary/aromatic N) is 1. The van der Waals surface area contributed by atoms with E-state index >= 15 is 0 Å². The van der Waals surface area contributed by atoms with E-state index in [4.69, 9.17) is 10.00 Å². The minimum absolute atomic E-state index is 0.105. The highest BCUT2D eigenvalue weighted by molar-refractivity contribution is 8.02. The predicted molar refractivity (Wildman–Crippen MR) is 62.8 cm³/mol. The maximum absolute atomic E-state index is 11.2. The molecule has 94 valence electrons. The van der Waals surface area contributed by atoms with Gasteiger partial charge in [0.25, 0.3) is 0 Å². The van der Waals surface area contributed by atoms with E-state index in [-0.39, 0.29) is 23.8 Å².